The fourth-order valence-corrected chi connectivity index (χ4v) is 3.37. The average molecular weight is 477 g/mol. The minimum atomic E-state index is -0.433. The van der Waals surface area contributed by atoms with Gasteiger partial charge in [0, 0.05) is 46.2 Å². The SMILES string of the molecule is CCCCn1ccc(CNC=C2C(=O)NC(=O)c3ccc(I)cc32)cc1=O. The van der Waals surface area contributed by atoms with Gasteiger partial charge in [-0.15, -0.1) is 0 Å². The average Bonchev–Trinajstić information content (AvgIpc) is 2.63. The highest BCUT2D eigenvalue weighted by atomic mass is 127. The van der Waals surface area contributed by atoms with Crippen LogP contribution in [0, 0.1) is 3.57 Å². The Hall–Kier alpha value is -2.42. The van der Waals surface area contributed by atoms with Crippen LogP contribution in [0.15, 0.2) is 47.5 Å². The van der Waals surface area contributed by atoms with Crippen molar-refractivity contribution in [2.24, 2.45) is 0 Å². The Morgan fingerprint density at radius 1 is 1.11 bits per heavy atom. The summed E-state index contributed by atoms with van der Waals surface area (Å²) in [6.45, 7) is 3.22. The first-order valence-electron chi connectivity index (χ1n) is 8.78. The number of amides is 2. The summed E-state index contributed by atoms with van der Waals surface area (Å²) in [5.41, 5.74) is 2.29. The molecule has 140 valence electrons. The van der Waals surface area contributed by atoms with Gasteiger partial charge in [-0.1, -0.05) is 13.3 Å². The van der Waals surface area contributed by atoms with Crippen LogP contribution in [0.4, 0.5) is 0 Å². The third-order valence-corrected chi connectivity index (χ3v) is 5.02. The van der Waals surface area contributed by atoms with E-state index in [1.54, 1.807) is 29.1 Å². The van der Waals surface area contributed by atoms with Crippen LogP contribution < -0.4 is 16.2 Å². The summed E-state index contributed by atoms with van der Waals surface area (Å²) >= 11 is 2.15. The van der Waals surface area contributed by atoms with Gasteiger partial charge in [0.25, 0.3) is 17.4 Å². The zero-order valence-electron chi connectivity index (χ0n) is 14.9. The second-order valence-corrected chi connectivity index (χ2v) is 7.58. The first kappa shape index (κ1) is 19.3. The van der Waals surface area contributed by atoms with Gasteiger partial charge in [-0.25, -0.2) is 0 Å². The molecule has 6 nitrogen and oxygen atoms in total. The van der Waals surface area contributed by atoms with Crippen molar-refractivity contribution < 1.29 is 9.59 Å². The Morgan fingerprint density at radius 2 is 1.93 bits per heavy atom. The number of imide groups is 1. The number of hydrogen-bond acceptors (Lipinski definition) is 4. The number of aryl methyl sites for hydroxylation is 1. The van der Waals surface area contributed by atoms with Crippen LogP contribution in [0.5, 0.6) is 0 Å². The summed E-state index contributed by atoms with van der Waals surface area (Å²) in [6, 6.07) is 8.84. The van der Waals surface area contributed by atoms with E-state index in [0.29, 0.717) is 23.2 Å². The number of rotatable bonds is 6. The van der Waals surface area contributed by atoms with Gasteiger partial charge in [-0.2, -0.15) is 0 Å². The topological polar surface area (TPSA) is 80.2 Å². The van der Waals surface area contributed by atoms with Gasteiger partial charge >= 0.3 is 0 Å². The number of carbonyl (C=O) groups is 2. The maximum atomic E-state index is 12.2. The lowest BCUT2D eigenvalue weighted by atomic mass is 9.96. The third kappa shape index (κ3) is 4.47. The Kier molecular flexibility index (Phi) is 6.10. The molecule has 0 saturated heterocycles. The quantitative estimate of drug-likeness (QED) is 0.381. The van der Waals surface area contributed by atoms with Crippen LogP contribution in [-0.4, -0.2) is 16.4 Å². The lowest BCUT2D eigenvalue weighted by molar-refractivity contribution is -0.114. The number of benzene rings is 1. The van der Waals surface area contributed by atoms with Crippen LogP contribution in [0.2, 0.25) is 0 Å². The summed E-state index contributed by atoms with van der Waals surface area (Å²) in [5.74, 6) is -0.823. The summed E-state index contributed by atoms with van der Waals surface area (Å²) in [5, 5.41) is 5.43. The van der Waals surface area contributed by atoms with E-state index in [1.807, 2.05) is 18.2 Å². The van der Waals surface area contributed by atoms with Gasteiger partial charge in [0.05, 0.1) is 5.57 Å². The molecule has 0 spiro atoms. The number of pyridine rings is 1. The molecule has 0 aliphatic carbocycles. The van der Waals surface area contributed by atoms with Gasteiger partial charge < -0.3 is 9.88 Å². The second kappa shape index (κ2) is 8.51. The highest BCUT2D eigenvalue weighted by Gasteiger charge is 2.27. The summed E-state index contributed by atoms with van der Waals surface area (Å²) in [7, 11) is 0. The van der Waals surface area contributed by atoms with Crippen molar-refractivity contribution in [3.05, 3.63) is 73.3 Å². The van der Waals surface area contributed by atoms with Crippen molar-refractivity contribution in [3.63, 3.8) is 0 Å². The van der Waals surface area contributed by atoms with Gasteiger partial charge in [0.15, 0.2) is 0 Å². The molecule has 0 fully saturated rings. The van der Waals surface area contributed by atoms with E-state index in [9.17, 15) is 14.4 Å². The van der Waals surface area contributed by atoms with E-state index in [0.717, 1.165) is 28.5 Å². The van der Waals surface area contributed by atoms with E-state index in [2.05, 4.69) is 40.1 Å². The minimum Gasteiger partial charge on any atom is -0.386 e. The van der Waals surface area contributed by atoms with Crippen LogP contribution in [0.1, 0.15) is 41.3 Å². The Balaban J connectivity index is 1.77. The van der Waals surface area contributed by atoms with Crippen molar-refractivity contribution in [3.8, 4) is 0 Å². The fraction of sp³-hybridized carbons (Fsp3) is 0.250. The molecule has 2 amide bonds. The molecule has 0 saturated carbocycles. The molecule has 1 aromatic carbocycles. The van der Waals surface area contributed by atoms with Crippen molar-refractivity contribution >= 4 is 40.0 Å². The fourth-order valence-electron chi connectivity index (χ4n) is 2.88. The smallest absolute Gasteiger partial charge is 0.260 e. The Morgan fingerprint density at radius 3 is 2.67 bits per heavy atom. The lowest BCUT2D eigenvalue weighted by Crippen LogP contribution is -2.37. The maximum Gasteiger partial charge on any atom is 0.260 e. The molecule has 7 heteroatoms. The molecule has 1 aromatic heterocycles. The molecule has 0 radical (unpaired) electrons. The Labute approximate surface area is 170 Å². The van der Waals surface area contributed by atoms with E-state index in [4.69, 9.17) is 0 Å². The highest BCUT2D eigenvalue weighted by molar-refractivity contribution is 14.1. The number of fused-ring (bicyclic) bond motifs is 1. The molecule has 1 aliphatic rings. The number of nitrogens with zero attached hydrogens (tertiary/aromatic N) is 1. The summed E-state index contributed by atoms with van der Waals surface area (Å²) < 4.78 is 2.64. The van der Waals surface area contributed by atoms with Crippen molar-refractivity contribution in [1.29, 1.82) is 0 Å². The van der Waals surface area contributed by atoms with E-state index in [1.165, 1.54) is 0 Å². The van der Waals surface area contributed by atoms with Crippen molar-refractivity contribution in [2.75, 3.05) is 0 Å². The van der Waals surface area contributed by atoms with Crippen molar-refractivity contribution in [2.45, 2.75) is 32.9 Å². The van der Waals surface area contributed by atoms with Crippen LogP contribution in [0.3, 0.4) is 0 Å². The zero-order chi connectivity index (χ0) is 19.4. The van der Waals surface area contributed by atoms with Crippen molar-refractivity contribution in [1.82, 2.24) is 15.2 Å². The standard InChI is InChI=1S/C20H20IN3O3/c1-2-3-7-24-8-6-13(9-18(24)25)11-22-12-17-16-10-14(21)4-5-15(16)19(26)23-20(17)27/h4-6,8-10,12,22H,2-3,7,11H2,1H3,(H,23,26,27). The Bertz CT molecular complexity index is 979. The number of hydrogen-bond donors (Lipinski definition) is 2. The van der Waals surface area contributed by atoms with Crippen LogP contribution in [0.25, 0.3) is 5.57 Å². The van der Waals surface area contributed by atoms with Gasteiger partial charge in [-0.05, 0) is 58.8 Å². The largest absolute Gasteiger partial charge is 0.386 e. The molecule has 3 rings (SSSR count). The van der Waals surface area contributed by atoms with E-state index < -0.39 is 5.91 Å². The first-order valence-corrected chi connectivity index (χ1v) is 9.86. The number of carbonyl (C=O) groups excluding carboxylic acids is 2. The molecule has 0 unspecified atom stereocenters. The molecule has 0 bridgehead atoms. The lowest BCUT2D eigenvalue weighted by Gasteiger charge is -2.18. The number of nitrogens with one attached hydrogen (secondary N) is 2. The highest BCUT2D eigenvalue weighted by Crippen LogP contribution is 2.25. The van der Waals surface area contributed by atoms with E-state index >= 15 is 0 Å². The normalized spacial score (nSPS) is 14.8. The molecule has 27 heavy (non-hydrogen) atoms. The molecular formula is C20H20IN3O3. The first-order chi connectivity index (χ1) is 13.0. The predicted octanol–water partition coefficient (Wildman–Crippen LogP) is 2.65. The molecule has 0 atom stereocenters. The molecule has 2 N–H and O–H groups in total. The second-order valence-electron chi connectivity index (χ2n) is 6.33. The van der Waals surface area contributed by atoms with Gasteiger partial charge in [-0.3, -0.25) is 19.7 Å². The van der Waals surface area contributed by atoms with Gasteiger partial charge in [0.2, 0.25) is 0 Å². The van der Waals surface area contributed by atoms with Gasteiger partial charge in [0.1, 0.15) is 0 Å². The molecule has 1 aliphatic heterocycles. The molecular weight excluding hydrogens is 457 g/mol. The monoisotopic (exact) mass is 477 g/mol. The summed E-state index contributed by atoms with van der Waals surface area (Å²) in [4.78, 5) is 36.3. The van der Waals surface area contributed by atoms with Crippen LogP contribution in [-0.2, 0) is 17.9 Å². The summed E-state index contributed by atoms with van der Waals surface area (Å²) in [6.07, 6.45) is 5.40. The molecule has 2 aromatic rings. The number of halogens is 1. The molecule has 2 heterocycles. The maximum absolute atomic E-state index is 12.2. The predicted molar refractivity (Wildman–Crippen MR) is 112 cm³/mol. The third-order valence-electron chi connectivity index (χ3n) is 4.35. The number of aromatic nitrogens is 1. The zero-order valence-corrected chi connectivity index (χ0v) is 17.1. The minimum absolute atomic E-state index is 0.0312. The van der Waals surface area contributed by atoms with E-state index in [-0.39, 0.29) is 11.5 Å². The number of unbranched alkanes of at least 4 members (excludes halogenated alkanes) is 1. The van der Waals surface area contributed by atoms with Crippen LogP contribution >= 0.6 is 22.6 Å².